The number of benzene rings is 1. The second kappa shape index (κ2) is 8.26. The van der Waals surface area contributed by atoms with Gasteiger partial charge in [0.2, 0.25) is 0 Å². The van der Waals surface area contributed by atoms with Crippen molar-refractivity contribution < 1.29 is 18.3 Å². The first kappa shape index (κ1) is 16.1. The Morgan fingerprint density at radius 1 is 1.33 bits per heavy atom. The number of hydrogen-bond acceptors (Lipinski definition) is 4. The van der Waals surface area contributed by atoms with Crippen LogP contribution in [0.15, 0.2) is 24.3 Å². The summed E-state index contributed by atoms with van der Waals surface area (Å²) >= 11 is 0. The van der Waals surface area contributed by atoms with Crippen LogP contribution in [0.5, 0.6) is 5.75 Å². The Balaban J connectivity index is 1.78. The second-order valence-electron chi connectivity index (χ2n) is 5.08. The lowest BCUT2D eigenvalue weighted by molar-refractivity contribution is -0.0499. The van der Waals surface area contributed by atoms with E-state index < -0.39 is 6.61 Å². The molecule has 0 radical (unpaired) electrons. The third-order valence-electron chi connectivity index (χ3n) is 3.57. The molecule has 1 aliphatic rings. The number of alkyl halides is 2. The molecule has 1 atom stereocenters. The summed E-state index contributed by atoms with van der Waals surface area (Å²) in [6, 6.07) is 6.92. The summed E-state index contributed by atoms with van der Waals surface area (Å²) in [7, 11) is 0. The molecule has 2 rings (SSSR count). The van der Waals surface area contributed by atoms with Crippen molar-refractivity contribution in [1.29, 1.82) is 0 Å². The molecule has 0 spiro atoms. The molecule has 1 unspecified atom stereocenters. The largest absolute Gasteiger partial charge is 0.435 e. The molecule has 118 valence electrons. The lowest BCUT2D eigenvalue weighted by Crippen LogP contribution is -2.40. The van der Waals surface area contributed by atoms with Crippen molar-refractivity contribution in [3.8, 4) is 5.75 Å². The van der Waals surface area contributed by atoms with Crippen LogP contribution in [0.4, 0.5) is 8.78 Å². The highest BCUT2D eigenvalue weighted by Crippen LogP contribution is 2.20. The zero-order valence-corrected chi connectivity index (χ0v) is 12.2. The molecule has 0 saturated carbocycles. The zero-order valence-electron chi connectivity index (χ0n) is 12.2. The van der Waals surface area contributed by atoms with Crippen LogP contribution in [0.2, 0.25) is 0 Å². The number of rotatable bonds is 7. The van der Waals surface area contributed by atoms with Crippen molar-refractivity contribution >= 4 is 0 Å². The molecule has 1 aromatic rings. The fourth-order valence-electron chi connectivity index (χ4n) is 2.34. The first-order valence-electron chi connectivity index (χ1n) is 7.23. The number of nitrogens with one attached hydrogen (secondary N) is 1. The van der Waals surface area contributed by atoms with Crippen molar-refractivity contribution in [1.82, 2.24) is 10.2 Å². The molecule has 0 bridgehead atoms. The smallest absolute Gasteiger partial charge is 0.387 e. The standard InChI is InChI=1S/C15H22F2N2O2/c1-12(18-5-6-19-7-9-20-10-8-19)13-3-2-4-14(11-13)21-15(16)17/h2-4,11-12,15,18H,5-10H2,1H3. The Morgan fingerprint density at radius 2 is 2.10 bits per heavy atom. The molecule has 0 aromatic heterocycles. The van der Waals surface area contributed by atoms with Gasteiger partial charge in [0.15, 0.2) is 0 Å². The van der Waals surface area contributed by atoms with Crippen LogP contribution in [0.1, 0.15) is 18.5 Å². The lowest BCUT2D eigenvalue weighted by Gasteiger charge is -2.27. The molecule has 0 aliphatic carbocycles. The highest BCUT2D eigenvalue weighted by Gasteiger charge is 2.11. The van der Waals surface area contributed by atoms with E-state index in [2.05, 4.69) is 15.0 Å². The zero-order chi connectivity index (χ0) is 15.1. The summed E-state index contributed by atoms with van der Waals surface area (Å²) in [4.78, 5) is 2.35. The summed E-state index contributed by atoms with van der Waals surface area (Å²) in [5.74, 6) is 0.198. The lowest BCUT2D eigenvalue weighted by atomic mass is 10.1. The quantitative estimate of drug-likeness (QED) is 0.837. The summed E-state index contributed by atoms with van der Waals surface area (Å²) in [6.07, 6.45) is 0. The Bertz CT molecular complexity index is 426. The molecule has 6 heteroatoms. The van der Waals surface area contributed by atoms with Crippen LogP contribution in [-0.4, -0.2) is 50.9 Å². The van der Waals surface area contributed by atoms with E-state index in [9.17, 15) is 8.78 Å². The first-order valence-corrected chi connectivity index (χ1v) is 7.23. The van der Waals surface area contributed by atoms with Gasteiger partial charge in [-0.1, -0.05) is 12.1 Å². The number of morpholine rings is 1. The van der Waals surface area contributed by atoms with Gasteiger partial charge in [0.25, 0.3) is 0 Å². The van der Waals surface area contributed by atoms with Gasteiger partial charge < -0.3 is 14.8 Å². The Labute approximate surface area is 124 Å². The van der Waals surface area contributed by atoms with Gasteiger partial charge in [-0.15, -0.1) is 0 Å². The molecule has 21 heavy (non-hydrogen) atoms. The molecular formula is C15H22F2N2O2. The maximum atomic E-state index is 12.2. The van der Waals surface area contributed by atoms with Crippen molar-refractivity contribution in [2.75, 3.05) is 39.4 Å². The highest BCUT2D eigenvalue weighted by atomic mass is 19.3. The van der Waals surface area contributed by atoms with E-state index in [1.807, 2.05) is 13.0 Å². The molecular weight excluding hydrogens is 278 g/mol. The average Bonchev–Trinajstić information content (AvgIpc) is 2.48. The summed E-state index contributed by atoms with van der Waals surface area (Å²) in [6.45, 7) is 4.56. The SMILES string of the molecule is CC(NCCN1CCOCC1)c1cccc(OC(F)F)c1. The molecule has 1 aliphatic heterocycles. The van der Waals surface area contributed by atoms with Gasteiger partial charge in [-0.05, 0) is 24.6 Å². The monoisotopic (exact) mass is 300 g/mol. The van der Waals surface area contributed by atoms with Gasteiger partial charge in [0.05, 0.1) is 13.2 Å². The van der Waals surface area contributed by atoms with Gasteiger partial charge in [-0.2, -0.15) is 8.78 Å². The second-order valence-corrected chi connectivity index (χ2v) is 5.08. The predicted molar refractivity (Wildman–Crippen MR) is 76.8 cm³/mol. The van der Waals surface area contributed by atoms with Crippen molar-refractivity contribution in [2.45, 2.75) is 19.6 Å². The van der Waals surface area contributed by atoms with E-state index in [1.54, 1.807) is 12.1 Å². The summed E-state index contributed by atoms with van der Waals surface area (Å²) < 4.78 is 34.1. The minimum absolute atomic E-state index is 0.0901. The summed E-state index contributed by atoms with van der Waals surface area (Å²) in [5.41, 5.74) is 0.940. The molecule has 1 heterocycles. The number of nitrogens with zero attached hydrogens (tertiary/aromatic N) is 1. The fraction of sp³-hybridized carbons (Fsp3) is 0.600. The average molecular weight is 300 g/mol. The Hall–Kier alpha value is -1.24. The van der Waals surface area contributed by atoms with Gasteiger partial charge in [0.1, 0.15) is 5.75 Å². The van der Waals surface area contributed by atoms with Gasteiger partial charge in [-0.3, -0.25) is 4.90 Å². The van der Waals surface area contributed by atoms with Crippen LogP contribution in [-0.2, 0) is 4.74 Å². The van der Waals surface area contributed by atoms with E-state index in [1.165, 1.54) is 6.07 Å². The predicted octanol–water partition coefficient (Wildman–Crippen LogP) is 2.27. The van der Waals surface area contributed by atoms with E-state index >= 15 is 0 Å². The van der Waals surface area contributed by atoms with Gasteiger partial charge in [-0.25, -0.2) is 0 Å². The fourth-order valence-corrected chi connectivity index (χ4v) is 2.34. The van der Waals surface area contributed by atoms with E-state index in [0.29, 0.717) is 0 Å². The Kier molecular flexibility index (Phi) is 6.35. The highest BCUT2D eigenvalue weighted by molar-refractivity contribution is 5.30. The normalized spacial score (nSPS) is 17.9. The maximum absolute atomic E-state index is 12.2. The van der Waals surface area contributed by atoms with Crippen LogP contribution < -0.4 is 10.1 Å². The minimum Gasteiger partial charge on any atom is -0.435 e. The molecule has 1 aromatic carbocycles. The molecule has 4 nitrogen and oxygen atoms in total. The van der Waals surface area contributed by atoms with Gasteiger partial charge in [0, 0.05) is 32.2 Å². The van der Waals surface area contributed by atoms with E-state index in [0.717, 1.165) is 45.0 Å². The Morgan fingerprint density at radius 3 is 2.81 bits per heavy atom. The third-order valence-corrected chi connectivity index (χ3v) is 3.57. The number of halogens is 2. The molecule has 1 fully saturated rings. The van der Waals surface area contributed by atoms with Crippen LogP contribution >= 0.6 is 0 Å². The van der Waals surface area contributed by atoms with Crippen LogP contribution in [0.25, 0.3) is 0 Å². The molecule has 1 saturated heterocycles. The minimum atomic E-state index is -2.79. The van der Waals surface area contributed by atoms with Crippen molar-refractivity contribution in [3.05, 3.63) is 29.8 Å². The van der Waals surface area contributed by atoms with Gasteiger partial charge >= 0.3 is 6.61 Å². The summed E-state index contributed by atoms with van der Waals surface area (Å²) in [5, 5.41) is 3.40. The number of ether oxygens (including phenoxy) is 2. The number of hydrogen-bond donors (Lipinski definition) is 1. The molecule has 0 amide bonds. The molecule has 1 N–H and O–H groups in total. The maximum Gasteiger partial charge on any atom is 0.387 e. The van der Waals surface area contributed by atoms with Crippen LogP contribution in [0.3, 0.4) is 0 Å². The first-order chi connectivity index (χ1) is 10.1. The van der Waals surface area contributed by atoms with E-state index in [4.69, 9.17) is 4.74 Å². The van der Waals surface area contributed by atoms with Crippen molar-refractivity contribution in [3.63, 3.8) is 0 Å². The van der Waals surface area contributed by atoms with Crippen LogP contribution in [0, 0.1) is 0 Å². The van der Waals surface area contributed by atoms with E-state index in [-0.39, 0.29) is 11.8 Å². The third kappa shape index (κ3) is 5.57. The van der Waals surface area contributed by atoms with Crippen molar-refractivity contribution in [2.24, 2.45) is 0 Å². The topological polar surface area (TPSA) is 33.7 Å².